The summed E-state index contributed by atoms with van der Waals surface area (Å²) < 4.78 is 69.5. The molecule has 1 aliphatic heterocycles. The van der Waals surface area contributed by atoms with Crippen molar-refractivity contribution >= 4 is 5.97 Å². The van der Waals surface area contributed by atoms with Crippen molar-refractivity contribution in [3.8, 4) is 33.8 Å². The topological polar surface area (TPSA) is 81.5 Å². The van der Waals surface area contributed by atoms with E-state index in [9.17, 15) is 18.0 Å². The molecule has 6 rings (SSSR count). The molecule has 10 heteroatoms. The fourth-order valence-electron chi connectivity index (χ4n) is 5.57. The molecule has 1 aromatic heterocycles. The molecule has 2 heterocycles. The third-order valence-electron chi connectivity index (χ3n) is 7.34. The van der Waals surface area contributed by atoms with Crippen LogP contribution in [0.5, 0.6) is 11.5 Å². The van der Waals surface area contributed by atoms with E-state index in [0.29, 0.717) is 29.5 Å². The number of benzene rings is 3. The first kappa shape index (κ1) is 25.8. The number of carboxylic acids is 1. The van der Waals surface area contributed by atoms with Crippen LogP contribution in [0.15, 0.2) is 67.3 Å². The highest BCUT2D eigenvalue weighted by Gasteiger charge is 2.40. The quantitative estimate of drug-likeness (QED) is 0.261. The van der Waals surface area contributed by atoms with Crippen molar-refractivity contribution in [2.45, 2.75) is 37.5 Å². The molecule has 0 fully saturated rings. The van der Waals surface area contributed by atoms with E-state index in [1.807, 2.05) is 0 Å². The molecule has 1 aliphatic carbocycles. The fourth-order valence-corrected chi connectivity index (χ4v) is 5.57. The van der Waals surface area contributed by atoms with Gasteiger partial charge in [0, 0.05) is 41.1 Å². The highest BCUT2D eigenvalue weighted by Crippen LogP contribution is 2.48. The lowest BCUT2D eigenvalue weighted by Gasteiger charge is -2.21. The second-order valence-corrected chi connectivity index (χ2v) is 9.83. The van der Waals surface area contributed by atoms with Gasteiger partial charge in [0.1, 0.15) is 29.7 Å². The van der Waals surface area contributed by atoms with E-state index in [0.717, 1.165) is 16.7 Å². The van der Waals surface area contributed by atoms with Crippen molar-refractivity contribution in [1.82, 2.24) is 9.97 Å². The van der Waals surface area contributed by atoms with Crippen LogP contribution in [0, 0.1) is 5.82 Å². The minimum absolute atomic E-state index is 0.0559. The molecule has 3 aromatic carbocycles. The summed E-state index contributed by atoms with van der Waals surface area (Å²) in [6.07, 6.45) is -0.537. The van der Waals surface area contributed by atoms with Crippen LogP contribution < -0.4 is 9.47 Å². The number of halogens is 4. The lowest BCUT2D eigenvalue weighted by atomic mass is 9.90. The van der Waals surface area contributed by atoms with E-state index in [-0.39, 0.29) is 42.1 Å². The highest BCUT2D eigenvalue weighted by molar-refractivity contribution is 5.77. The molecule has 2 unspecified atom stereocenters. The van der Waals surface area contributed by atoms with E-state index in [4.69, 9.17) is 14.6 Å². The van der Waals surface area contributed by atoms with Crippen LogP contribution in [0.25, 0.3) is 22.3 Å². The Hall–Kier alpha value is -4.47. The summed E-state index contributed by atoms with van der Waals surface area (Å²) >= 11 is 0. The first-order chi connectivity index (χ1) is 19.2. The number of ether oxygens (including phenoxy) is 2. The monoisotopic (exact) mass is 550 g/mol. The van der Waals surface area contributed by atoms with E-state index in [1.54, 1.807) is 54.9 Å². The first-order valence-corrected chi connectivity index (χ1v) is 12.6. The van der Waals surface area contributed by atoms with E-state index < -0.39 is 29.6 Å². The number of carboxylic acid groups (broad SMARTS) is 1. The van der Waals surface area contributed by atoms with Gasteiger partial charge in [0.2, 0.25) is 0 Å². The number of aliphatic carboxylic acids is 1. The zero-order valence-electron chi connectivity index (χ0n) is 20.9. The fraction of sp³-hybridized carbons (Fsp3) is 0.233. The molecule has 6 nitrogen and oxygen atoms in total. The molecule has 2 aliphatic rings. The number of hydrogen-bond donors (Lipinski definition) is 1. The van der Waals surface area contributed by atoms with Crippen LogP contribution in [-0.4, -0.2) is 27.7 Å². The molecule has 204 valence electrons. The molecule has 2 atom stereocenters. The Kier molecular flexibility index (Phi) is 6.40. The largest absolute Gasteiger partial charge is 0.492 e. The summed E-state index contributed by atoms with van der Waals surface area (Å²) in [7, 11) is 0. The second-order valence-electron chi connectivity index (χ2n) is 9.83. The average molecular weight is 551 g/mol. The molecule has 0 saturated heterocycles. The second kappa shape index (κ2) is 9.93. The molecular weight excluding hydrogens is 528 g/mol. The van der Waals surface area contributed by atoms with Gasteiger partial charge in [-0.05, 0) is 47.2 Å². The Balaban J connectivity index is 1.35. The van der Waals surface area contributed by atoms with Gasteiger partial charge in [-0.15, -0.1) is 0 Å². The standard InChI is InChI=1S/C30H22F4N2O4/c31-24-11-23(30(32,33)34)28(17-3-1-16(2-4-17)19-12-35-15-36-13-19)22-7-8-25(29(22)24)40-20-5-6-21-18(9-27(37)38)14-39-26(21)10-20/h1-6,10-13,15,18,25H,7-9,14H2,(H,37,38). The smallest absolute Gasteiger partial charge is 0.417 e. The van der Waals surface area contributed by atoms with Gasteiger partial charge >= 0.3 is 12.1 Å². The van der Waals surface area contributed by atoms with Crippen molar-refractivity contribution < 1.29 is 36.9 Å². The molecular formula is C30H22F4N2O4. The number of carbonyl (C=O) groups is 1. The molecule has 1 N–H and O–H groups in total. The minimum atomic E-state index is -4.76. The Morgan fingerprint density at radius 3 is 2.45 bits per heavy atom. The predicted molar refractivity (Wildman–Crippen MR) is 136 cm³/mol. The van der Waals surface area contributed by atoms with Gasteiger partial charge in [-0.2, -0.15) is 13.2 Å². The van der Waals surface area contributed by atoms with Gasteiger partial charge in [0.15, 0.2) is 0 Å². The van der Waals surface area contributed by atoms with E-state index in [1.165, 1.54) is 6.33 Å². The number of rotatable bonds is 6. The van der Waals surface area contributed by atoms with Gasteiger partial charge in [-0.3, -0.25) is 4.79 Å². The lowest BCUT2D eigenvalue weighted by molar-refractivity contribution is -0.138. The van der Waals surface area contributed by atoms with Crippen LogP contribution in [0.2, 0.25) is 0 Å². The maximum atomic E-state index is 15.3. The normalized spacial score (nSPS) is 17.7. The summed E-state index contributed by atoms with van der Waals surface area (Å²) in [6, 6.07) is 12.1. The summed E-state index contributed by atoms with van der Waals surface area (Å²) in [5, 5.41) is 9.11. The maximum Gasteiger partial charge on any atom is 0.417 e. The Bertz CT molecular complexity index is 1590. The van der Waals surface area contributed by atoms with Crippen LogP contribution in [-0.2, 0) is 17.4 Å². The summed E-state index contributed by atoms with van der Waals surface area (Å²) in [5.74, 6) is -1.33. The lowest BCUT2D eigenvalue weighted by Crippen LogP contribution is -2.12. The summed E-state index contributed by atoms with van der Waals surface area (Å²) in [6.45, 7) is 0.228. The van der Waals surface area contributed by atoms with Crippen LogP contribution in [0.1, 0.15) is 47.1 Å². The van der Waals surface area contributed by atoms with Crippen molar-refractivity contribution in [2.24, 2.45) is 0 Å². The van der Waals surface area contributed by atoms with Gasteiger partial charge in [-0.25, -0.2) is 14.4 Å². The average Bonchev–Trinajstić information content (AvgIpc) is 3.53. The molecule has 0 bridgehead atoms. The maximum absolute atomic E-state index is 15.3. The van der Waals surface area contributed by atoms with Crippen molar-refractivity contribution in [3.05, 3.63) is 95.3 Å². The number of alkyl halides is 3. The molecule has 0 amide bonds. The zero-order valence-corrected chi connectivity index (χ0v) is 20.9. The van der Waals surface area contributed by atoms with Crippen molar-refractivity contribution in [1.29, 1.82) is 0 Å². The van der Waals surface area contributed by atoms with Gasteiger partial charge in [0.05, 0.1) is 18.6 Å². The minimum Gasteiger partial charge on any atom is -0.492 e. The summed E-state index contributed by atoms with van der Waals surface area (Å²) in [5.41, 5.74) is 1.81. The molecule has 0 saturated carbocycles. The van der Waals surface area contributed by atoms with E-state index >= 15 is 4.39 Å². The van der Waals surface area contributed by atoms with Gasteiger partial charge in [0.25, 0.3) is 0 Å². The van der Waals surface area contributed by atoms with Crippen LogP contribution in [0.4, 0.5) is 17.6 Å². The molecule has 4 aromatic rings. The number of fused-ring (bicyclic) bond motifs is 2. The number of hydrogen-bond acceptors (Lipinski definition) is 5. The van der Waals surface area contributed by atoms with Crippen LogP contribution in [0.3, 0.4) is 0 Å². The van der Waals surface area contributed by atoms with Crippen molar-refractivity contribution in [3.63, 3.8) is 0 Å². The molecule has 0 spiro atoms. The highest BCUT2D eigenvalue weighted by atomic mass is 19.4. The van der Waals surface area contributed by atoms with Gasteiger partial charge < -0.3 is 14.6 Å². The number of aromatic nitrogens is 2. The van der Waals surface area contributed by atoms with Crippen LogP contribution >= 0.6 is 0 Å². The predicted octanol–water partition coefficient (Wildman–Crippen LogP) is 6.99. The zero-order chi connectivity index (χ0) is 28.0. The third-order valence-corrected chi connectivity index (χ3v) is 7.34. The summed E-state index contributed by atoms with van der Waals surface area (Å²) in [4.78, 5) is 19.1. The Morgan fingerprint density at radius 2 is 1.75 bits per heavy atom. The van der Waals surface area contributed by atoms with Gasteiger partial charge in [-0.1, -0.05) is 30.3 Å². The van der Waals surface area contributed by atoms with Crippen molar-refractivity contribution in [2.75, 3.05) is 6.61 Å². The number of nitrogens with zero attached hydrogens (tertiary/aromatic N) is 2. The molecule has 0 radical (unpaired) electrons. The first-order valence-electron chi connectivity index (χ1n) is 12.6. The SMILES string of the molecule is O=C(O)CC1COc2cc(OC3CCc4c(-c5ccc(-c6cncnc6)cc5)c(C(F)(F)F)cc(F)c43)ccc21. The Labute approximate surface area is 226 Å². The third kappa shape index (κ3) is 4.74. The van der Waals surface area contributed by atoms with E-state index in [2.05, 4.69) is 9.97 Å². The Morgan fingerprint density at radius 1 is 1.02 bits per heavy atom. The molecule has 40 heavy (non-hydrogen) atoms.